The molecule has 0 bridgehead atoms. The van der Waals surface area contributed by atoms with Crippen LogP contribution in [0.3, 0.4) is 0 Å². The second-order valence-electron chi connectivity index (χ2n) is 6.03. The molecule has 1 aromatic carbocycles. The van der Waals surface area contributed by atoms with Crippen LogP contribution in [0.5, 0.6) is 0 Å². The van der Waals surface area contributed by atoms with Crippen LogP contribution in [0.15, 0.2) is 58.6 Å². The summed E-state index contributed by atoms with van der Waals surface area (Å²) in [5.74, 6) is -0.424. The first-order valence-electron chi connectivity index (χ1n) is 8.69. The summed E-state index contributed by atoms with van der Waals surface area (Å²) in [6.07, 6.45) is 2.23. The molecule has 2 aromatic heterocycles. The summed E-state index contributed by atoms with van der Waals surface area (Å²) in [4.78, 5) is 44.3. The van der Waals surface area contributed by atoms with Crippen LogP contribution < -0.4 is 16.6 Å². The zero-order valence-corrected chi connectivity index (χ0v) is 15.0. The van der Waals surface area contributed by atoms with E-state index in [0.29, 0.717) is 18.7 Å². The monoisotopic (exact) mass is 364 g/mol. The Morgan fingerprint density at radius 1 is 1.30 bits per heavy atom. The predicted molar refractivity (Wildman–Crippen MR) is 105 cm³/mol. The van der Waals surface area contributed by atoms with Crippen molar-refractivity contribution in [2.75, 3.05) is 6.54 Å². The summed E-state index contributed by atoms with van der Waals surface area (Å²) < 4.78 is 1.40. The number of pyridine rings is 1. The first-order valence-corrected chi connectivity index (χ1v) is 8.69. The SMILES string of the molecule is C=CCNC(=O)c1cc(-c2ccccc2)nc2c1c(=O)[nH]c(=O)n2CCC. The summed E-state index contributed by atoms with van der Waals surface area (Å²) in [5, 5.41) is 2.79. The molecule has 0 saturated heterocycles. The highest BCUT2D eigenvalue weighted by Gasteiger charge is 2.19. The van der Waals surface area contributed by atoms with Crippen LogP contribution in [-0.4, -0.2) is 27.0 Å². The number of rotatable bonds is 6. The quantitative estimate of drug-likeness (QED) is 0.655. The number of carbonyl (C=O) groups excluding carboxylic acids is 1. The lowest BCUT2D eigenvalue weighted by molar-refractivity contribution is 0.0959. The number of amides is 1. The Balaban J connectivity index is 2.38. The average Bonchev–Trinajstić information content (AvgIpc) is 2.69. The van der Waals surface area contributed by atoms with Gasteiger partial charge < -0.3 is 5.32 Å². The maximum Gasteiger partial charge on any atom is 0.329 e. The fourth-order valence-electron chi connectivity index (χ4n) is 2.90. The van der Waals surface area contributed by atoms with E-state index in [4.69, 9.17) is 0 Å². The first kappa shape index (κ1) is 18.3. The van der Waals surface area contributed by atoms with Gasteiger partial charge in [-0.3, -0.25) is 19.1 Å². The highest BCUT2D eigenvalue weighted by molar-refractivity contribution is 6.06. The fraction of sp³-hybridized carbons (Fsp3) is 0.200. The second-order valence-corrected chi connectivity index (χ2v) is 6.03. The molecule has 3 rings (SSSR count). The Bertz CT molecular complexity index is 1110. The molecule has 0 unspecified atom stereocenters. The summed E-state index contributed by atoms with van der Waals surface area (Å²) >= 11 is 0. The maximum atomic E-state index is 12.7. The number of aryl methyl sites for hydroxylation is 1. The minimum Gasteiger partial charge on any atom is -0.349 e. The van der Waals surface area contributed by atoms with Crippen LogP contribution in [0, 0.1) is 0 Å². The minimum absolute atomic E-state index is 0.101. The van der Waals surface area contributed by atoms with Crippen molar-refractivity contribution in [1.29, 1.82) is 0 Å². The number of benzene rings is 1. The van der Waals surface area contributed by atoms with E-state index in [1.807, 2.05) is 37.3 Å². The molecule has 0 atom stereocenters. The molecule has 0 saturated carbocycles. The van der Waals surface area contributed by atoms with Crippen molar-refractivity contribution in [3.05, 3.63) is 75.5 Å². The summed E-state index contributed by atoms with van der Waals surface area (Å²) in [6.45, 7) is 6.14. The Kier molecular flexibility index (Phi) is 5.30. The van der Waals surface area contributed by atoms with E-state index in [2.05, 4.69) is 21.9 Å². The molecule has 0 spiro atoms. The predicted octanol–water partition coefficient (Wildman–Crippen LogP) is 2.08. The lowest BCUT2D eigenvalue weighted by Crippen LogP contribution is -2.33. The van der Waals surface area contributed by atoms with Crippen LogP contribution in [-0.2, 0) is 6.54 Å². The van der Waals surface area contributed by atoms with Gasteiger partial charge in [0.2, 0.25) is 0 Å². The standard InChI is InChI=1S/C20H20N4O3/c1-3-10-21-18(25)14-12-15(13-8-6-5-7-9-13)22-17-16(14)19(26)23-20(27)24(17)11-4-2/h3,5-9,12H,1,4,10-11H2,2H3,(H,21,25)(H,23,26,27). The number of carbonyl (C=O) groups is 1. The summed E-state index contributed by atoms with van der Waals surface area (Å²) in [6, 6.07) is 10.9. The molecule has 7 nitrogen and oxygen atoms in total. The molecular formula is C20H20N4O3. The Hall–Kier alpha value is -3.48. The van der Waals surface area contributed by atoms with Crippen molar-refractivity contribution >= 4 is 16.9 Å². The van der Waals surface area contributed by atoms with Gasteiger partial charge in [-0.2, -0.15) is 0 Å². The van der Waals surface area contributed by atoms with Crippen LogP contribution in [0.25, 0.3) is 22.3 Å². The molecule has 0 aliphatic heterocycles. The molecule has 2 N–H and O–H groups in total. The molecule has 7 heteroatoms. The van der Waals surface area contributed by atoms with Gasteiger partial charge in [0.05, 0.1) is 16.6 Å². The number of nitrogens with one attached hydrogen (secondary N) is 2. The smallest absolute Gasteiger partial charge is 0.329 e. The molecule has 0 aliphatic carbocycles. The topological polar surface area (TPSA) is 96.8 Å². The third-order valence-corrected chi connectivity index (χ3v) is 4.12. The summed E-state index contributed by atoms with van der Waals surface area (Å²) in [7, 11) is 0. The molecule has 27 heavy (non-hydrogen) atoms. The van der Waals surface area contributed by atoms with Gasteiger partial charge in [-0.05, 0) is 12.5 Å². The van der Waals surface area contributed by atoms with Crippen molar-refractivity contribution in [2.24, 2.45) is 0 Å². The molecule has 2 heterocycles. The lowest BCUT2D eigenvalue weighted by Gasteiger charge is -2.13. The highest BCUT2D eigenvalue weighted by Crippen LogP contribution is 2.22. The van der Waals surface area contributed by atoms with Gasteiger partial charge in [0.25, 0.3) is 11.5 Å². The van der Waals surface area contributed by atoms with Crippen molar-refractivity contribution in [3.63, 3.8) is 0 Å². The highest BCUT2D eigenvalue weighted by atomic mass is 16.2. The van der Waals surface area contributed by atoms with Crippen LogP contribution >= 0.6 is 0 Å². The van der Waals surface area contributed by atoms with E-state index >= 15 is 0 Å². The molecule has 3 aromatic rings. The Labute approximate surface area is 155 Å². The van der Waals surface area contributed by atoms with Gasteiger partial charge in [-0.15, -0.1) is 6.58 Å². The molecular weight excluding hydrogens is 344 g/mol. The molecule has 0 aliphatic rings. The molecule has 0 fully saturated rings. The van der Waals surface area contributed by atoms with Gasteiger partial charge in [-0.25, -0.2) is 9.78 Å². The van der Waals surface area contributed by atoms with Crippen LogP contribution in [0.2, 0.25) is 0 Å². The molecule has 1 amide bonds. The van der Waals surface area contributed by atoms with E-state index in [1.54, 1.807) is 12.1 Å². The Morgan fingerprint density at radius 3 is 2.70 bits per heavy atom. The number of hydrogen-bond acceptors (Lipinski definition) is 4. The zero-order valence-electron chi connectivity index (χ0n) is 15.0. The third kappa shape index (κ3) is 3.57. The van der Waals surface area contributed by atoms with Crippen molar-refractivity contribution in [3.8, 4) is 11.3 Å². The molecule has 138 valence electrons. The number of nitrogens with zero attached hydrogens (tertiary/aromatic N) is 2. The number of fused-ring (bicyclic) bond motifs is 1. The average molecular weight is 364 g/mol. The van der Waals surface area contributed by atoms with Crippen LogP contribution in [0.4, 0.5) is 0 Å². The van der Waals surface area contributed by atoms with E-state index in [0.717, 1.165) is 5.56 Å². The van der Waals surface area contributed by atoms with Gasteiger partial charge in [0.15, 0.2) is 5.65 Å². The van der Waals surface area contributed by atoms with Gasteiger partial charge in [-0.1, -0.05) is 43.3 Å². The van der Waals surface area contributed by atoms with Gasteiger partial charge in [0, 0.05) is 18.7 Å². The normalized spacial score (nSPS) is 10.7. The van der Waals surface area contributed by atoms with Crippen LogP contribution in [0.1, 0.15) is 23.7 Å². The lowest BCUT2D eigenvalue weighted by atomic mass is 10.1. The minimum atomic E-state index is -0.627. The third-order valence-electron chi connectivity index (χ3n) is 4.12. The first-order chi connectivity index (χ1) is 13.1. The van der Waals surface area contributed by atoms with Crippen molar-refractivity contribution < 1.29 is 4.79 Å². The van der Waals surface area contributed by atoms with Gasteiger partial charge >= 0.3 is 5.69 Å². The number of hydrogen-bond donors (Lipinski definition) is 2. The molecule has 0 radical (unpaired) electrons. The number of aromatic nitrogens is 3. The van der Waals surface area contributed by atoms with E-state index in [-0.39, 0.29) is 23.1 Å². The zero-order chi connectivity index (χ0) is 19.4. The summed E-state index contributed by atoms with van der Waals surface area (Å²) in [5.41, 5.74) is 0.514. The van der Waals surface area contributed by atoms with Crippen molar-refractivity contribution in [2.45, 2.75) is 19.9 Å². The largest absolute Gasteiger partial charge is 0.349 e. The fourth-order valence-corrected chi connectivity index (χ4v) is 2.90. The second kappa shape index (κ2) is 7.82. The number of H-pyrrole nitrogens is 1. The van der Waals surface area contributed by atoms with E-state index in [9.17, 15) is 14.4 Å². The van der Waals surface area contributed by atoms with E-state index in [1.165, 1.54) is 4.57 Å². The number of aromatic amines is 1. The van der Waals surface area contributed by atoms with Gasteiger partial charge in [0.1, 0.15) is 0 Å². The Morgan fingerprint density at radius 2 is 2.04 bits per heavy atom. The van der Waals surface area contributed by atoms with E-state index < -0.39 is 17.2 Å². The maximum absolute atomic E-state index is 12.7. The van der Waals surface area contributed by atoms with Crippen molar-refractivity contribution in [1.82, 2.24) is 19.9 Å².